The zero-order valence-corrected chi connectivity index (χ0v) is 10.9. The van der Waals surface area contributed by atoms with Crippen LogP contribution in [0.25, 0.3) is 0 Å². The van der Waals surface area contributed by atoms with Crippen molar-refractivity contribution in [3.8, 4) is 5.75 Å². The lowest BCUT2D eigenvalue weighted by atomic mass is 9.76. The van der Waals surface area contributed by atoms with Gasteiger partial charge in [0.05, 0.1) is 7.11 Å². The van der Waals surface area contributed by atoms with Gasteiger partial charge >= 0.3 is 0 Å². The molecule has 94 valence electrons. The first-order valence-electron chi connectivity index (χ1n) is 6.70. The molecular formula is C15H23NO. The lowest BCUT2D eigenvalue weighted by Gasteiger charge is -2.36. The predicted molar refractivity (Wildman–Crippen MR) is 71.7 cm³/mol. The van der Waals surface area contributed by atoms with Crippen molar-refractivity contribution in [3.63, 3.8) is 0 Å². The zero-order chi connectivity index (χ0) is 12.1. The molecule has 0 saturated heterocycles. The van der Waals surface area contributed by atoms with Crippen LogP contribution in [0.5, 0.6) is 5.75 Å². The third-order valence-corrected chi connectivity index (χ3v) is 3.69. The minimum Gasteiger partial charge on any atom is -0.497 e. The highest BCUT2D eigenvalue weighted by Gasteiger charge is 2.29. The Labute approximate surface area is 104 Å². The largest absolute Gasteiger partial charge is 0.497 e. The molecule has 1 aromatic rings. The van der Waals surface area contributed by atoms with Crippen LogP contribution in [0.1, 0.15) is 44.1 Å². The number of benzene rings is 1. The van der Waals surface area contributed by atoms with Gasteiger partial charge in [-0.05, 0) is 49.4 Å². The summed E-state index contributed by atoms with van der Waals surface area (Å²) in [6, 6.07) is 9.27. The third-order valence-electron chi connectivity index (χ3n) is 3.69. The van der Waals surface area contributed by atoms with Crippen molar-refractivity contribution >= 4 is 0 Å². The van der Waals surface area contributed by atoms with E-state index in [-0.39, 0.29) is 0 Å². The molecule has 0 heterocycles. The fourth-order valence-electron chi connectivity index (χ4n) is 2.42. The molecule has 2 rings (SSSR count). The first kappa shape index (κ1) is 12.4. The zero-order valence-electron chi connectivity index (χ0n) is 10.9. The van der Waals surface area contributed by atoms with Gasteiger partial charge in [0.15, 0.2) is 0 Å². The molecule has 17 heavy (non-hydrogen) atoms. The van der Waals surface area contributed by atoms with Crippen LogP contribution in [-0.2, 0) is 0 Å². The number of hydrogen-bond donors (Lipinski definition) is 1. The molecule has 0 atom stereocenters. The minimum atomic E-state index is 0.744. The summed E-state index contributed by atoms with van der Waals surface area (Å²) in [6.45, 7) is 3.42. The Balaban J connectivity index is 1.74. The molecule has 1 fully saturated rings. The van der Waals surface area contributed by atoms with Crippen molar-refractivity contribution in [2.24, 2.45) is 0 Å². The maximum atomic E-state index is 5.17. The maximum Gasteiger partial charge on any atom is 0.118 e. The summed E-state index contributed by atoms with van der Waals surface area (Å²) < 4.78 is 5.17. The molecule has 1 aromatic carbocycles. The first-order valence-corrected chi connectivity index (χ1v) is 6.70. The molecule has 0 aromatic heterocycles. The second-order valence-corrected chi connectivity index (χ2v) is 4.95. The van der Waals surface area contributed by atoms with Gasteiger partial charge in [0, 0.05) is 6.04 Å². The van der Waals surface area contributed by atoms with Crippen molar-refractivity contribution in [1.82, 2.24) is 5.32 Å². The van der Waals surface area contributed by atoms with Crippen LogP contribution in [0.15, 0.2) is 24.3 Å². The summed E-state index contributed by atoms with van der Waals surface area (Å²) in [6.07, 6.45) is 5.15. The maximum absolute atomic E-state index is 5.17. The monoisotopic (exact) mass is 233 g/mol. The molecule has 2 nitrogen and oxygen atoms in total. The standard InChI is InChI=1S/C15H23NO/c1-3-4-9-16-14-10-13(11-14)12-5-7-15(17-2)8-6-12/h5-8,13-14,16H,3-4,9-11H2,1-2H3. The van der Waals surface area contributed by atoms with E-state index in [1.807, 2.05) is 0 Å². The van der Waals surface area contributed by atoms with Gasteiger partial charge in [-0.25, -0.2) is 0 Å². The molecule has 0 radical (unpaired) electrons. The quantitative estimate of drug-likeness (QED) is 0.761. The lowest BCUT2D eigenvalue weighted by molar-refractivity contribution is 0.290. The lowest BCUT2D eigenvalue weighted by Crippen LogP contribution is -2.40. The smallest absolute Gasteiger partial charge is 0.118 e. The molecular weight excluding hydrogens is 210 g/mol. The van der Waals surface area contributed by atoms with Crippen LogP contribution in [-0.4, -0.2) is 19.7 Å². The number of hydrogen-bond acceptors (Lipinski definition) is 2. The van der Waals surface area contributed by atoms with Gasteiger partial charge in [-0.15, -0.1) is 0 Å². The Morgan fingerprint density at radius 3 is 2.53 bits per heavy atom. The number of methoxy groups -OCH3 is 1. The van der Waals surface area contributed by atoms with E-state index in [1.165, 1.54) is 37.8 Å². The van der Waals surface area contributed by atoms with Gasteiger partial charge in [0.2, 0.25) is 0 Å². The van der Waals surface area contributed by atoms with Crippen LogP contribution < -0.4 is 10.1 Å². The van der Waals surface area contributed by atoms with Crippen molar-refractivity contribution in [2.75, 3.05) is 13.7 Å². The van der Waals surface area contributed by atoms with Gasteiger partial charge in [0.25, 0.3) is 0 Å². The van der Waals surface area contributed by atoms with Gasteiger partial charge in [-0.3, -0.25) is 0 Å². The average Bonchev–Trinajstić information content (AvgIpc) is 2.32. The highest BCUT2D eigenvalue weighted by atomic mass is 16.5. The number of nitrogens with one attached hydrogen (secondary N) is 1. The van der Waals surface area contributed by atoms with Gasteiger partial charge in [0.1, 0.15) is 5.75 Å². The number of unbranched alkanes of at least 4 members (excludes halogenated alkanes) is 1. The highest BCUT2D eigenvalue weighted by Crippen LogP contribution is 2.37. The van der Waals surface area contributed by atoms with Crippen LogP contribution >= 0.6 is 0 Å². The molecule has 0 aliphatic heterocycles. The molecule has 2 heteroatoms. The van der Waals surface area contributed by atoms with Crippen LogP contribution in [0.2, 0.25) is 0 Å². The van der Waals surface area contributed by atoms with Gasteiger partial charge < -0.3 is 10.1 Å². The molecule has 1 aliphatic carbocycles. The van der Waals surface area contributed by atoms with Crippen LogP contribution in [0.3, 0.4) is 0 Å². The fourth-order valence-corrected chi connectivity index (χ4v) is 2.42. The Morgan fingerprint density at radius 2 is 1.94 bits per heavy atom. The van der Waals surface area contributed by atoms with E-state index in [9.17, 15) is 0 Å². The molecule has 0 bridgehead atoms. The topological polar surface area (TPSA) is 21.3 Å². The average molecular weight is 233 g/mol. The van der Waals surface area contributed by atoms with E-state index in [0.717, 1.165) is 17.7 Å². The minimum absolute atomic E-state index is 0.744. The Morgan fingerprint density at radius 1 is 1.24 bits per heavy atom. The second kappa shape index (κ2) is 6.06. The Kier molecular flexibility index (Phi) is 4.43. The highest BCUT2D eigenvalue weighted by molar-refractivity contribution is 5.30. The molecule has 1 N–H and O–H groups in total. The summed E-state index contributed by atoms with van der Waals surface area (Å²) in [4.78, 5) is 0. The SMILES string of the molecule is CCCCNC1CC(c2ccc(OC)cc2)C1. The molecule has 0 spiro atoms. The van der Waals surface area contributed by atoms with Crippen LogP contribution in [0, 0.1) is 0 Å². The number of rotatable bonds is 6. The second-order valence-electron chi connectivity index (χ2n) is 4.95. The van der Waals surface area contributed by atoms with Crippen molar-refractivity contribution in [2.45, 2.75) is 44.6 Å². The van der Waals surface area contributed by atoms with E-state index in [2.05, 4.69) is 36.5 Å². The predicted octanol–water partition coefficient (Wildman–Crippen LogP) is 3.33. The number of ether oxygens (including phenoxy) is 1. The molecule has 0 amide bonds. The molecule has 1 saturated carbocycles. The summed E-state index contributed by atoms with van der Waals surface area (Å²) >= 11 is 0. The molecule has 1 aliphatic rings. The Bertz CT molecular complexity index is 327. The van der Waals surface area contributed by atoms with E-state index in [4.69, 9.17) is 4.74 Å². The normalized spacial score (nSPS) is 23.2. The van der Waals surface area contributed by atoms with Crippen molar-refractivity contribution in [1.29, 1.82) is 0 Å². The summed E-state index contributed by atoms with van der Waals surface area (Å²) in [7, 11) is 1.71. The van der Waals surface area contributed by atoms with E-state index in [0.29, 0.717) is 0 Å². The Hall–Kier alpha value is -1.02. The van der Waals surface area contributed by atoms with Crippen molar-refractivity contribution < 1.29 is 4.74 Å². The van der Waals surface area contributed by atoms with Crippen molar-refractivity contribution in [3.05, 3.63) is 29.8 Å². The van der Waals surface area contributed by atoms with E-state index < -0.39 is 0 Å². The third kappa shape index (κ3) is 3.22. The molecule has 0 unspecified atom stereocenters. The summed E-state index contributed by atoms with van der Waals surface area (Å²) in [5.74, 6) is 1.70. The van der Waals surface area contributed by atoms with Crippen LogP contribution in [0.4, 0.5) is 0 Å². The van der Waals surface area contributed by atoms with Gasteiger partial charge in [-0.2, -0.15) is 0 Å². The summed E-state index contributed by atoms with van der Waals surface area (Å²) in [5.41, 5.74) is 1.46. The first-order chi connectivity index (χ1) is 8.33. The summed E-state index contributed by atoms with van der Waals surface area (Å²) in [5, 5.41) is 3.62. The van der Waals surface area contributed by atoms with E-state index >= 15 is 0 Å². The van der Waals surface area contributed by atoms with Gasteiger partial charge in [-0.1, -0.05) is 25.5 Å². The van der Waals surface area contributed by atoms with E-state index in [1.54, 1.807) is 7.11 Å². The fraction of sp³-hybridized carbons (Fsp3) is 0.600.